The van der Waals surface area contributed by atoms with Gasteiger partial charge in [0.15, 0.2) is 0 Å². The van der Waals surface area contributed by atoms with Crippen molar-refractivity contribution in [3.05, 3.63) is 72.8 Å². The van der Waals surface area contributed by atoms with Crippen molar-refractivity contribution in [1.29, 1.82) is 0 Å². The minimum atomic E-state index is -0.206. The predicted molar refractivity (Wildman–Crippen MR) is 106 cm³/mol. The summed E-state index contributed by atoms with van der Waals surface area (Å²) in [5.74, 6) is 0.0826. The van der Waals surface area contributed by atoms with E-state index in [1.54, 1.807) is 11.8 Å². The number of para-hydroxylation sites is 2. The number of carbonyl (C=O) groups is 1. The van der Waals surface area contributed by atoms with E-state index in [2.05, 4.69) is 12.1 Å². The van der Waals surface area contributed by atoms with E-state index < -0.39 is 0 Å². The van der Waals surface area contributed by atoms with E-state index in [0.29, 0.717) is 0 Å². The number of hydrogen-bond donors (Lipinski definition) is 1. The molecule has 2 N–H and O–H groups in total. The van der Waals surface area contributed by atoms with Crippen LogP contribution in [0, 0.1) is 0 Å². The number of nitrogens with zero attached hydrogens (tertiary/aromatic N) is 1. The molecule has 0 aliphatic heterocycles. The molecule has 124 valence electrons. The van der Waals surface area contributed by atoms with E-state index in [1.807, 2.05) is 72.2 Å². The lowest BCUT2D eigenvalue weighted by atomic mass is 10.2. The molecule has 4 rings (SSSR count). The summed E-state index contributed by atoms with van der Waals surface area (Å²) in [7, 11) is 0. The largest absolute Gasteiger partial charge is 0.399 e. The van der Waals surface area contributed by atoms with Gasteiger partial charge < -0.3 is 5.73 Å². The van der Waals surface area contributed by atoms with Crippen molar-refractivity contribution in [1.82, 2.24) is 4.57 Å². The number of nitrogen functional groups attached to an aromatic ring is 1. The van der Waals surface area contributed by atoms with Gasteiger partial charge in [-0.15, -0.1) is 11.8 Å². The van der Waals surface area contributed by atoms with E-state index in [9.17, 15) is 4.79 Å². The van der Waals surface area contributed by atoms with Crippen LogP contribution in [-0.2, 0) is 0 Å². The minimum Gasteiger partial charge on any atom is -0.399 e. The molecule has 0 saturated carbocycles. The standard InChI is InChI=1S/C21H18N2OS/c1-14(25-16-12-10-15(22)11-13-16)21(24)23-19-8-4-2-6-17(19)18-7-3-5-9-20(18)23/h2-14H,22H2,1H3. The van der Waals surface area contributed by atoms with E-state index >= 15 is 0 Å². The summed E-state index contributed by atoms with van der Waals surface area (Å²) >= 11 is 1.55. The fraction of sp³-hybridized carbons (Fsp3) is 0.0952. The minimum absolute atomic E-state index is 0.0826. The molecule has 3 aromatic carbocycles. The van der Waals surface area contributed by atoms with Crippen molar-refractivity contribution in [3.63, 3.8) is 0 Å². The number of fused-ring (bicyclic) bond motifs is 3. The first-order valence-electron chi connectivity index (χ1n) is 8.20. The second-order valence-electron chi connectivity index (χ2n) is 6.04. The Morgan fingerprint density at radius 2 is 1.40 bits per heavy atom. The van der Waals surface area contributed by atoms with Crippen molar-refractivity contribution in [2.24, 2.45) is 0 Å². The number of thioether (sulfide) groups is 1. The lowest BCUT2D eigenvalue weighted by Gasteiger charge is -2.13. The molecule has 0 aliphatic rings. The molecule has 4 heteroatoms. The highest BCUT2D eigenvalue weighted by molar-refractivity contribution is 8.00. The highest BCUT2D eigenvalue weighted by Gasteiger charge is 2.21. The van der Waals surface area contributed by atoms with Crippen LogP contribution in [0.1, 0.15) is 11.7 Å². The molecular weight excluding hydrogens is 328 g/mol. The van der Waals surface area contributed by atoms with E-state index in [0.717, 1.165) is 32.4 Å². The van der Waals surface area contributed by atoms with Crippen molar-refractivity contribution in [3.8, 4) is 0 Å². The average molecular weight is 346 g/mol. The molecule has 1 heterocycles. The Labute approximate surface area is 150 Å². The number of aromatic nitrogens is 1. The zero-order valence-electron chi connectivity index (χ0n) is 13.8. The first kappa shape index (κ1) is 15.8. The topological polar surface area (TPSA) is 48.0 Å². The molecule has 0 fully saturated rings. The summed E-state index contributed by atoms with van der Waals surface area (Å²) in [4.78, 5) is 14.3. The van der Waals surface area contributed by atoms with Gasteiger partial charge in [-0.1, -0.05) is 36.4 Å². The number of rotatable bonds is 3. The van der Waals surface area contributed by atoms with Crippen LogP contribution < -0.4 is 5.73 Å². The van der Waals surface area contributed by atoms with Crippen molar-refractivity contribution >= 4 is 45.2 Å². The highest BCUT2D eigenvalue weighted by atomic mass is 32.2. The smallest absolute Gasteiger partial charge is 0.244 e. The molecule has 1 atom stereocenters. The van der Waals surface area contributed by atoms with Crippen LogP contribution in [0.2, 0.25) is 0 Å². The van der Waals surface area contributed by atoms with Gasteiger partial charge in [0.1, 0.15) is 0 Å². The van der Waals surface area contributed by atoms with Gasteiger partial charge in [0.2, 0.25) is 5.91 Å². The Morgan fingerprint density at radius 1 is 0.880 bits per heavy atom. The monoisotopic (exact) mass is 346 g/mol. The summed E-state index contributed by atoms with van der Waals surface area (Å²) in [5.41, 5.74) is 8.38. The van der Waals surface area contributed by atoms with E-state index in [1.165, 1.54) is 0 Å². The first-order chi connectivity index (χ1) is 12.1. The zero-order valence-corrected chi connectivity index (χ0v) is 14.7. The van der Waals surface area contributed by atoms with Gasteiger partial charge in [-0.25, -0.2) is 0 Å². The van der Waals surface area contributed by atoms with Gasteiger partial charge in [0.25, 0.3) is 0 Å². The van der Waals surface area contributed by atoms with Gasteiger partial charge in [0, 0.05) is 21.4 Å². The van der Waals surface area contributed by atoms with Crippen LogP contribution in [0.3, 0.4) is 0 Å². The third-order valence-electron chi connectivity index (χ3n) is 4.34. The second-order valence-corrected chi connectivity index (χ2v) is 7.45. The van der Waals surface area contributed by atoms with Crippen molar-refractivity contribution < 1.29 is 4.79 Å². The summed E-state index contributed by atoms with van der Waals surface area (Å²) in [6.45, 7) is 1.95. The molecule has 0 aliphatic carbocycles. The number of carbonyl (C=O) groups excluding carboxylic acids is 1. The molecular formula is C21H18N2OS. The average Bonchev–Trinajstić information content (AvgIpc) is 2.97. The summed E-state index contributed by atoms with van der Waals surface area (Å²) in [6.07, 6.45) is 0. The quantitative estimate of drug-likeness (QED) is 0.410. The lowest BCUT2D eigenvalue weighted by molar-refractivity contribution is 0.0925. The Kier molecular flexibility index (Phi) is 3.98. The van der Waals surface area contributed by atoms with Crippen LogP contribution in [0.15, 0.2) is 77.7 Å². The predicted octanol–water partition coefficient (Wildman–Crippen LogP) is 5.20. The number of benzene rings is 3. The SMILES string of the molecule is CC(Sc1ccc(N)cc1)C(=O)n1c2ccccc2c2ccccc21. The first-order valence-corrected chi connectivity index (χ1v) is 9.08. The molecule has 1 unspecified atom stereocenters. The molecule has 25 heavy (non-hydrogen) atoms. The van der Waals surface area contributed by atoms with Crippen LogP contribution in [0.4, 0.5) is 5.69 Å². The summed E-state index contributed by atoms with van der Waals surface area (Å²) in [5, 5.41) is 2.01. The van der Waals surface area contributed by atoms with Gasteiger partial charge >= 0.3 is 0 Å². The Hall–Kier alpha value is -2.72. The Bertz CT molecular complexity index is 1010. The van der Waals surface area contributed by atoms with Crippen LogP contribution in [0.25, 0.3) is 21.8 Å². The van der Waals surface area contributed by atoms with Gasteiger partial charge in [-0.2, -0.15) is 0 Å². The molecule has 0 bridgehead atoms. The van der Waals surface area contributed by atoms with Gasteiger partial charge in [0.05, 0.1) is 16.3 Å². The molecule has 0 spiro atoms. The molecule has 0 amide bonds. The van der Waals surface area contributed by atoms with Crippen LogP contribution in [0.5, 0.6) is 0 Å². The summed E-state index contributed by atoms with van der Waals surface area (Å²) < 4.78 is 1.85. The molecule has 0 radical (unpaired) electrons. The Balaban J connectivity index is 1.77. The number of hydrogen-bond acceptors (Lipinski definition) is 3. The fourth-order valence-corrected chi connectivity index (χ4v) is 4.05. The third-order valence-corrected chi connectivity index (χ3v) is 5.44. The number of anilines is 1. The van der Waals surface area contributed by atoms with E-state index in [-0.39, 0.29) is 11.2 Å². The fourth-order valence-electron chi connectivity index (χ4n) is 3.14. The van der Waals surface area contributed by atoms with Crippen molar-refractivity contribution in [2.75, 3.05) is 5.73 Å². The normalized spacial score (nSPS) is 12.5. The molecule has 0 saturated heterocycles. The molecule has 4 aromatic rings. The molecule has 3 nitrogen and oxygen atoms in total. The maximum atomic E-state index is 13.2. The Morgan fingerprint density at radius 3 is 1.96 bits per heavy atom. The van der Waals surface area contributed by atoms with Gasteiger partial charge in [-0.3, -0.25) is 9.36 Å². The maximum Gasteiger partial charge on any atom is 0.244 e. The lowest BCUT2D eigenvalue weighted by Crippen LogP contribution is -2.21. The molecule has 1 aromatic heterocycles. The highest BCUT2D eigenvalue weighted by Crippen LogP contribution is 2.31. The van der Waals surface area contributed by atoms with Crippen LogP contribution >= 0.6 is 11.8 Å². The third kappa shape index (κ3) is 2.79. The second kappa shape index (κ2) is 6.30. The number of nitrogens with two attached hydrogens (primary N) is 1. The maximum absolute atomic E-state index is 13.2. The van der Waals surface area contributed by atoms with Crippen LogP contribution in [-0.4, -0.2) is 15.7 Å². The van der Waals surface area contributed by atoms with Gasteiger partial charge in [-0.05, 0) is 43.3 Å². The zero-order chi connectivity index (χ0) is 17.4. The summed E-state index contributed by atoms with van der Waals surface area (Å²) in [6, 6.07) is 23.8. The van der Waals surface area contributed by atoms with E-state index in [4.69, 9.17) is 5.73 Å². The van der Waals surface area contributed by atoms with Crippen molar-refractivity contribution in [2.45, 2.75) is 17.1 Å².